The first-order valence-electron chi connectivity index (χ1n) is 8.49. The van der Waals surface area contributed by atoms with Crippen molar-refractivity contribution in [3.8, 4) is 0 Å². The summed E-state index contributed by atoms with van der Waals surface area (Å²) in [7, 11) is 0. The summed E-state index contributed by atoms with van der Waals surface area (Å²) in [5, 5.41) is 2.94. The molecule has 2 aromatic carbocycles. The van der Waals surface area contributed by atoms with Crippen molar-refractivity contribution in [3.05, 3.63) is 54.1 Å². The first-order valence-corrected chi connectivity index (χ1v) is 10.7. The molecule has 1 aliphatic rings. The fraction of sp³-hybridized carbons (Fsp3) is 0.300. The molecule has 2 amide bonds. The second-order valence-corrected chi connectivity index (χ2v) is 8.57. The van der Waals surface area contributed by atoms with Crippen LogP contribution in [0, 0.1) is 0 Å². The van der Waals surface area contributed by atoms with Gasteiger partial charge in [0.2, 0.25) is 5.91 Å². The predicted molar refractivity (Wildman–Crippen MR) is 111 cm³/mol. The zero-order valence-corrected chi connectivity index (χ0v) is 16.7. The van der Waals surface area contributed by atoms with Crippen LogP contribution in [0.1, 0.15) is 19.4 Å². The number of carbonyl (C=O) groups excluding carboxylic acids is 2. The second-order valence-electron chi connectivity index (χ2n) is 6.24. The van der Waals surface area contributed by atoms with E-state index < -0.39 is 4.75 Å². The minimum absolute atomic E-state index is 0.179. The fourth-order valence-electron chi connectivity index (χ4n) is 3.01. The lowest BCUT2D eigenvalue weighted by atomic mass is 10.1. The first-order chi connectivity index (χ1) is 12.5. The summed E-state index contributed by atoms with van der Waals surface area (Å²) in [6.45, 7) is 4.16. The molecule has 3 rings (SSSR count). The summed E-state index contributed by atoms with van der Waals surface area (Å²) in [4.78, 5) is 28.8. The molecule has 1 N–H and O–H groups in total. The number of anilines is 2. The Balaban J connectivity index is 1.89. The number of nitrogens with zero attached hydrogens (tertiary/aromatic N) is 1. The van der Waals surface area contributed by atoms with Crippen molar-refractivity contribution in [2.45, 2.75) is 29.2 Å². The number of nitrogens with one attached hydrogen (secondary N) is 1. The van der Waals surface area contributed by atoms with Crippen LogP contribution in [0.2, 0.25) is 0 Å². The molecule has 4 nitrogen and oxygen atoms in total. The van der Waals surface area contributed by atoms with E-state index in [9.17, 15) is 9.59 Å². The van der Waals surface area contributed by atoms with E-state index in [1.165, 1.54) is 11.8 Å². The van der Waals surface area contributed by atoms with Gasteiger partial charge in [0.25, 0.3) is 5.91 Å². The van der Waals surface area contributed by atoms with Crippen LogP contribution in [0.15, 0.2) is 53.4 Å². The number of thioether (sulfide) groups is 2. The monoisotopic (exact) mass is 386 g/mol. The largest absolute Gasteiger partial charge is 0.324 e. The third-order valence-corrected chi connectivity index (χ3v) is 6.32. The topological polar surface area (TPSA) is 49.4 Å². The van der Waals surface area contributed by atoms with Crippen LogP contribution in [0.3, 0.4) is 0 Å². The van der Waals surface area contributed by atoms with Crippen LogP contribution in [0.5, 0.6) is 0 Å². The van der Waals surface area contributed by atoms with Crippen molar-refractivity contribution in [1.82, 2.24) is 0 Å². The molecule has 0 saturated heterocycles. The molecule has 1 atom stereocenters. The number of rotatable bonds is 5. The Kier molecular flexibility index (Phi) is 5.63. The van der Waals surface area contributed by atoms with Crippen LogP contribution in [0.25, 0.3) is 0 Å². The molecule has 26 heavy (non-hydrogen) atoms. The number of hydrogen-bond acceptors (Lipinski definition) is 4. The van der Waals surface area contributed by atoms with Crippen molar-refractivity contribution in [1.29, 1.82) is 0 Å². The molecular formula is C20H22N2O2S2. The van der Waals surface area contributed by atoms with Gasteiger partial charge in [0.05, 0.1) is 5.69 Å². The Bertz CT molecular complexity index is 840. The van der Waals surface area contributed by atoms with Crippen LogP contribution in [-0.4, -0.2) is 29.4 Å². The van der Waals surface area contributed by atoms with Crippen molar-refractivity contribution < 1.29 is 9.59 Å². The second kappa shape index (κ2) is 7.76. The molecular weight excluding hydrogens is 364 g/mol. The van der Waals surface area contributed by atoms with Gasteiger partial charge < -0.3 is 10.2 Å². The van der Waals surface area contributed by atoms with Gasteiger partial charge in [-0.25, -0.2) is 0 Å². The summed E-state index contributed by atoms with van der Waals surface area (Å²) in [6, 6.07) is 15.5. The van der Waals surface area contributed by atoms with Crippen molar-refractivity contribution in [3.63, 3.8) is 0 Å². The lowest BCUT2D eigenvalue weighted by molar-refractivity contribution is -0.128. The lowest BCUT2D eigenvalue weighted by Crippen LogP contribution is -2.54. The summed E-state index contributed by atoms with van der Waals surface area (Å²) < 4.78 is -1.19. The predicted octanol–water partition coefficient (Wildman–Crippen LogP) is 4.41. The number of fused-ring (bicyclic) bond motifs is 1. The Morgan fingerprint density at radius 2 is 2.00 bits per heavy atom. The number of para-hydroxylation sites is 1. The highest BCUT2D eigenvalue weighted by atomic mass is 32.2. The molecule has 136 valence electrons. The Morgan fingerprint density at radius 1 is 1.23 bits per heavy atom. The normalized spacial score (nSPS) is 19.2. The van der Waals surface area contributed by atoms with Crippen molar-refractivity contribution in [2.75, 3.05) is 23.0 Å². The number of benzene rings is 2. The molecule has 0 bridgehead atoms. The molecule has 1 aliphatic heterocycles. The van der Waals surface area contributed by atoms with Gasteiger partial charge in [0.1, 0.15) is 0 Å². The van der Waals surface area contributed by atoms with Crippen molar-refractivity contribution in [2.24, 2.45) is 0 Å². The van der Waals surface area contributed by atoms with Gasteiger partial charge in [-0.15, -0.1) is 0 Å². The molecule has 2 aromatic rings. The van der Waals surface area contributed by atoms with Crippen LogP contribution >= 0.6 is 23.5 Å². The van der Waals surface area contributed by atoms with Crippen LogP contribution in [0.4, 0.5) is 11.4 Å². The smallest absolute Gasteiger partial charge is 0.252 e. The van der Waals surface area contributed by atoms with Gasteiger partial charge in [-0.2, -0.15) is 11.8 Å². The fourth-order valence-corrected chi connectivity index (χ4v) is 4.73. The SMILES string of the molecule is CCN1C(=O)C(C)(C(=O)Nc2cccc(CSC)c2)Sc2ccccc21. The highest BCUT2D eigenvalue weighted by Gasteiger charge is 2.48. The van der Waals surface area contributed by atoms with E-state index in [1.54, 1.807) is 23.6 Å². The van der Waals surface area contributed by atoms with Gasteiger partial charge >= 0.3 is 0 Å². The Labute approximate surface area is 162 Å². The van der Waals surface area contributed by atoms with Gasteiger partial charge in [0.15, 0.2) is 4.75 Å². The molecule has 0 fully saturated rings. The molecule has 1 unspecified atom stereocenters. The van der Waals surface area contributed by atoms with E-state index in [2.05, 4.69) is 5.32 Å². The minimum Gasteiger partial charge on any atom is -0.324 e. The van der Waals surface area contributed by atoms with Gasteiger partial charge in [-0.3, -0.25) is 9.59 Å². The highest BCUT2D eigenvalue weighted by Crippen LogP contribution is 2.45. The van der Waals surface area contributed by atoms with E-state index in [1.807, 2.05) is 61.7 Å². The Hall–Kier alpha value is -1.92. The van der Waals surface area contributed by atoms with Gasteiger partial charge in [-0.1, -0.05) is 36.0 Å². The van der Waals surface area contributed by atoms with E-state index in [-0.39, 0.29) is 11.8 Å². The Morgan fingerprint density at radius 3 is 2.73 bits per heavy atom. The molecule has 1 heterocycles. The zero-order valence-electron chi connectivity index (χ0n) is 15.1. The van der Waals surface area contributed by atoms with E-state index >= 15 is 0 Å². The molecule has 0 aromatic heterocycles. The van der Waals surface area contributed by atoms with E-state index in [4.69, 9.17) is 0 Å². The van der Waals surface area contributed by atoms with E-state index in [0.29, 0.717) is 6.54 Å². The quantitative estimate of drug-likeness (QED) is 0.774. The summed E-state index contributed by atoms with van der Waals surface area (Å²) in [6.07, 6.45) is 2.04. The highest BCUT2D eigenvalue weighted by molar-refractivity contribution is 8.02. The molecule has 0 radical (unpaired) electrons. The maximum absolute atomic E-state index is 13.1. The number of hydrogen-bond donors (Lipinski definition) is 1. The summed E-state index contributed by atoms with van der Waals surface area (Å²) in [5.74, 6) is 0.411. The summed E-state index contributed by atoms with van der Waals surface area (Å²) in [5.41, 5.74) is 2.74. The first kappa shape index (κ1) is 18.9. The minimum atomic E-state index is -1.19. The van der Waals surface area contributed by atoms with Gasteiger partial charge in [-0.05, 0) is 49.9 Å². The van der Waals surface area contributed by atoms with E-state index in [0.717, 1.165) is 27.6 Å². The maximum atomic E-state index is 13.1. The molecule has 0 saturated carbocycles. The van der Waals surface area contributed by atoms with Crippen molar-refractivity contribution >= 4 is 46.7 Å². The average Bonchev–Trinajstić information content (AvgIpc) is 2.63. The number of amides is 2. The third-order valence-electron chi connectivity index (χ3n) is 4.37. The lowest BCUT2D eigenvalue weighted by Gasteiger charge is -2.38. The van der Waals surface area contributed by atoms with Crippen LogP contribution in [-0.2, 0) is 15.3 Å². The zero-order chi connectivity index (χ0) is 18.7. The third kappa shape index (κ3) is 3.48. The summed E-state index contributed by atoms with van der Waals surface area (Å²) >= 11 is 3.05. The molecule has 6 heteroatoms. The average molecular weight is 387 g/mol. The number of carbonyl (C=O) groups is 2. The van der Waals surface area contributed by atoms with Gasteiger partial charge in [0, 0.05) is 22.9 Å². The van der Waals surface area contributed by atoms with Crippen LogP contribution < -0.4 is 10.2 Å². The molecule has 0 spiro atoms. The molecule has 0 aliphatic carbocycles. The maximum Gasteiger partial charge on any atom is 0.252 e. The standard InChI is InChI=1S/C20H22N2O2S2/c1-4-22-16-10-5-6-11-17(16)26-20(2,19(22)24)18(23)21-15-9-7-8-14(12-15)13-25-3/h5-12H,4,13H2,1-3H3,(H,21,23).